The number of nitrogens with one attached hydrogen (secondary N) is 1. The van der Waals surface area contributed by atoms with Crippen LogP contribution in [0.4, 0.5) is 5.69 Å². The molecule has 2 rings (SSSR count). The zero-order valence-electron chi connectivity index (χ0n) is 12.4. The molecule has 0 aliphatic rings. The second kappa shape index (κ2) is 6.98. The quantitative estimate of drug-likeness (QED) is 0.850. The summed E-state index contributed by atoms with van der Waals surface area (Å²) in [6, 6.07) is 13.5. The molecule has 1 amide bonds. The lowest BCUT2D eigenvalue weighted by Crippen LogP contribution is -2.12. The van der Waals surface area contributed by atoms with Gasteiger partial charge in [-0.25, -0.2) is 8.42 Å². The Balaban J connectivity index is 2.13. The van der Waals surface area contributed by atoms with E-state index in [0.717, 1.165) is 16.9 Å². The first-order valence-corrected chi connectivity index (χ1v) is 9.62. The van der Waals surface area contributed by atoms with Crippen molar-refractivity contribution in [1.82, 2.24) is 0 Å². The van der Waals surface area contributed by atoms with Crippen LogP contribution in [-0.2, 0) is 9.84 Å². The summed E-state index contributed by atoms with van der Waals surface area (Å²) >= 11 is 1.67. The normalized spacial score (nSPS) is 11.2. The summed E-state index contributed by atoms with van der Waals surface area (Å²) in [5.74, 6) is 0.726. The molecule has 0 atom stereocenters. The van der Waals surface area contributed by atoms with Crippen LogP contribution in [0.3, 0.4) is 0 Å². The number of carbonyl (C=O) groups excluding carboxylic acids is 1. The number of anilines is 1. The van der Waals surface area contributed by atoms with E-state index in [4.69, 9.17) is 0 Å². The Bertz CT molecular complexity index is 768. The van der Waals surface area contributed by atoms with Gasteiger partial charge in [-0.1, -0.05) is 13.0 Å². The van der Waals surface area contributed by atoms with Crippen molar-refractivity contribution in [3.8, 4) is 0 Å². The van der Waals surface area contributed by atoms with Gasteiger partial charge in [-0.05, 0) is 48.2 Å². The van der Waals surface area contributed by atoms with Gasteiger partial charge in [0.05, 0.1) is 4.90 Å². The fraction of sp³-hybridized carbons (Fsp3) is 0.188. The number of rotatable bonds is 5. The third kappa shape index (κ3) is 4.35. The van der Waals surface area contributed by atoms with E-state index in [1.165, 1.54) is 12.1 Å². The van der Waals surface area contributed by atoms with E-state index in [9.17, 15) is 13.2 Å². The number of benzene rings is 2. The standard InChI is InChI=1S/C16H17NO3S2/c1-3-21-14-6-4-5-12(11-14)16(18)17-13-7-9-15(10-8-13)22(2,19)20/h4-11H,3H2,1-2H3,(H,17,18). The predicted octanol–water partition coefficient (Wildman–Crippen LogP) is 3.45. The van der Waals surface area contributed by atoms with Crippen molar-refractivity contribution < 1.29 is 13.2 Å². The lowest BCUT2D eigenvalue weighted by Gasteiger charge is -2.07. The predicted molar refractivity (Wildman–Crippen MR) is 90.3 cm³/mol. The Hall–Kier alpha value is -1.79. The number of carbonyl (C=O) groups is 1. The molecule has 0 saturated heterocycles. The van der Waals surface area contributed by atoms with Crippen molar-refractivity contribution in [3.05, 3.63) is 54.1 Å². The van der Waals surface area contributed by atoms with Crippen LogP contribution in [0.2, 0.25) is 0 Å². The summed E-state index contributed by atoms with van der Waals surface area (Å²) < 4.78 is 22.8. The summed E-state index contributed by atoms with van der Waals surface area (Å²) in [7, 11) is -3.23. The van der Waals surface area contributed by atoms with Crippen molar-refractivity contribution in [2.75, 3.05) is 17.3 Å². The van der Waals surface area contributed by atoms with E-state index in [2.05, 4.69) is 12.2 Å². The van der Waals surface area contributed by atoms with Gasteiger partial charge in [0.15, 0.2) is 9.84 Å². The molecule has 0 saturated carbocycles. The summed E-state index contributed by atoms with van der Waals surface area (Å²) in [5.41, 5.74) is 1.14. The Morgan fingerprint density at radius 3 is 2.41 bits per heavy atom. The molecule has 0 spiro atoms. The van der Waals surface area contributed by atoms with Crippen LogP contribution in [0.15, 0.2) is 58.3 Å². The Kier molecular flexibility index (Phi) is 5.26. The van der Waals surface area contributed by atoms with Gasteiger partial charge < -0.3 is 5.32 Å². The van der Waals surface area contributed by atoms with Gasteiger partial charge in [0.25, 0.3) is 5.91 Å². The van der Waals surface area contributed by atoms with Crippen molar-refractivity contribution >= 4 is 33.2 Å². The Morgan fingerprint density at radius 2 is 1.82 bits per heavy atom. The maximum absolute atomic E-state index is 12.2. The average molecular weight is 335 g/mol. The molecule has 0 aromatic heterocycles. The topological polar surface area (TPSA) is 63.2 Å². The fourth-order valence-corrected chi connectivity index (χ4v) is 3.23. The van der Waals surface area contributed by atoms with Crippen molar-refractivity contribution in [3.63, 3.8) is 0 Å². The molecule has 22 heavy (non-hydrogen) atoms. The molecule has 0 unspecified atom stereocenters. The monoisotopic (exact) mass is 335 g/mol. The van der Waals surface area contributed by atoms with E-state index in [1.54, 1.807) is 30.0 Å². The highest BCUT2D eigenvalue weighted by atomic mass is 32.2. The van der Waals surface area contributed by atoms with Gasteiger partial charge in [-0.2, -0.15) is 0 Å². The van der Waals surface area contributed by atoms with E-state index in [1.807, 2.05) is 18.2 Å². The van der Waals surface area contributed by atoms with Crippen molar-refractivity contribution in [1.29, 1.82) is 0 Å². The van der Waals surface area contributed by atoms with Crippen LogP contribution in [-0.4, -0.2) is 26.3 Å². The highest BCUT2D eigenvalue weighted by molar-refractivity contribution is 7.99. The minimum absolute atomic E-state index is 0.217. The number of hydrogen-bond acceptors (Lipinski definition) is 4. The van der Waals surface area contributed by atoms with Crippen LogP contribution in [0.25, 0.3) is 0 Å². The maximum atomic E-state index is 12.2. The van der Waals surface area contributed by atoms with Gasteiger partial charge in [-0.15, -0.1) is 11.8 Å². The third-order valence-electron chi connectivity index (χ3n) is 2.95. The van der Waals surface area contributed by atoms with Crippen molar-refractivity contribution in [2.24, 2.45) is 0 Å². The number of thioether (sulfide) groups is 1. The lowest BCUT2D eigenvalue weighted by atomic mass is 10.2. The maximum Gasteiger partial charge on any atom is 0.255 e. The zero-order chi connectivity index (χ0) is 16.2. The van der Waals surface area contributed by atoms with Gasteiger partial charge in [0.1, 0.15) is 0 Å². The molecule has 0 bridgehead atoms. The molecule has 2 aromatic carbocycles. The molecular weight excluding hydrogens is 318 g/mol. The summed E-state index contributed by atoms with van der Waals surface area (Å²) in [6.07, 6.45) is 1.15. The van der Waals surface area contributed by atoms with Gasteiger partial charge in [0, 0.05) is 22.4 Å². The smallest absolute Gasteiger partial charge is 0.255 e. The van der Waals surface area contributed by atoms with Gasteiger partial charge in [0.2, 0.25) is 0 Å². The molecule has 1 N–H and O–H groups in total. The minimum Gasteiger partial charge on any atom is -0.322 e. The summed E-state index contributed by atoms with van der Waals surface area (Å²) in [4.78, 5) is 13.5. The lowest BCUT2D eigenvalue weighted by molar-refractivity contribution is 0.102. The van der Waals surface area contributed by atoms with Crippen LogP contribution in [0.5, 0.6) is 0 Å². The number of hydrogen-bond donors (Lipinski definition) is 1. The molecule has 4 nitrogen and oxygen atoms in total. The van der Waals surface area contributed by atoms with E-state index < -0.39 is 9.84 Å². The molecule has 0 radical (unpaired) electrons. The number of amides is 1. The second-order valence-corrected chi connectivity index (χ2v) is 8.06. The van der Waals surface area contributed by atoms with Crippen LogP contribution >= 0.6 is 11.8 Å². The molecule has 0 aliphatic carbocycles. The Morgan fingerprint density at radius 1 is 1.14 bits per heavy atom. The van der Waals surface area contributed by atoms with Crippen molar-refractivity contribution in [2.45, 2.75) is 16.7 Å². The third-order valence-corrected chi connectivity index (χ3v) is 4.95. The van der Waals surface area contributed by atoms with Crippen LogP contribution in [0, 0.1) is 0 Å². The summed E-state index contributed by atoms with van der Waals surface area (Å²) in [6.45, 7) is 2.06. The first kappa shape index (κ1) is 16.6. The molecule has 0 fully saturated rings. The first-order valence-electron chi connectivity index (χ1n) is 6.74. The summed E-state index contributed by atoms with van der Waals surface area (Å²) in [5, 5.41) is 2.76. The molecule has 2 aromatic rings. The molecule has 6 heteroatoms. The van der Waals surface area contributed by atoms with E-state index >= 15 is 0 Å². The minimum atomic E-state index is -3.23. The first-order chi connectivity index (χ1) is 10.4. The molecular formula is C16H17NO3S2. The van der Waals surface area contributed by atoms with Gasteiger partial charge in [-0.3, -0.25) is 4.79 Å². The molecule has 116 valence electrons. The largest absolute Gasteiger partial charge is 0.322 e. The highest BCUT2D eigenvalue weighted by Crippen LogP contribution is 2.20. The highest BCUT2D eigenvalue weighted by Gasteiger charge is 2.09. The Labute approximate surface area is 134 Å². The van der Waals surface area contributed by atoms with Crippen LogP contribution < -0.4 is 5.32 Å². The molecule has 0 heterocycles. The fourth-order valence-electron chi connectivity index (χ4n) is 1.88. The average Bonchev–Trinajstić information content (AvgIpc) is 2.47. The van der Waals surface area contributed by atoms with E-state index in [0.29, 0.717) is 11.3 Å². The molecule has 0 aliphatic heterocycles. The second-order valence-electron chi connectivity index (χ2n) is 4.71. The SMILES string of the molecule is CCSc1cccc(C(=O)Nc2ccc(S(C)(=O)=O)cc2)c1. The van der Waals surface area contributed by atoms with Gasteiger partial charge >= 0.3 is 0 Å². The van der Waals surface area contributed by atoms with Crippen LogP contribution in [0.1, 0.15) is 17.3 Å². The zero-order valence-corrected chi connectivity index (χ0v) is 14.0. The van der Waals surface area contributed by atoms with E-state index in [-0.39, 0.29) is 10.8 Å². The number of sulfone groups is 1.